The van der Waals surface area contributed by atoms with Gasteiger partial charge >= 0.3 is 0 Å². The van der Waals surface area contributed by atoms with Gasteiger partial charge in [-0.15, -0.1) is 11.8 Å². The lowest BCUT2D eigenvalue weighted by molar-refractivity contribution is -0.116. The molecule has 0 saturated carbocycles. The lowest BCUT2D eigenvalue weighted by Gasteiger charge is -2.18. The lowest BCUT2D eigenvalue weighted by Crippen LogP contribution is -2.30. The average Bonchev–Trinajstić information content (AvgIpc) is 3.24. The number of hydrogen-bond acceptors (Lipinski definition) is 8. The molecule has 1 unspecified atom stereocenters. The first-order chi connectivity index (χ1) is 27.3. The van der Waals surface area contributed by atoms with Crippen molar-refractivity contribution in [3.8, 4) is 28.7 Å². The fourth-order valence-electron chi connectivity index (χ4n) is 5.55. The van der Waals surface area contributed by atoms with Crippen molar-refractivity contribution >= 4 is 46.9 Å². The highest BCUT2D eigenvalue weighted by atomic mass is 32.2. The molecular weight excluding hydrogens is 727 g/mol. The van der Waals surface area contributed by atoms with Gasteiger partial charge in [0.25, 0.3) is 11.8 Å². The van der Waals surface area contributed by atoms with Gasteiger partial charge in [0.2, 0.25) is 5.91 Å². The van der Waals surface area contributed by atoms with Crippen LogP contribution in [-0.4, -0.2) is 39.1 Å². The van der Waals surface area contributed by atoms with E-state index in [0.29, 0.717) is 45.5 Å². The van der Waals surface area contributed by atoms with Crippen molar-refractivity contribution in [2.75, 3.05) is 32.0 Å². The van der Waals surface area contributed by atoms with Crippen LogP contribution in [0.2, 0.25) is 0 Å². The third-order valence-electron chi connectivity index (χ3n) is 8.37. The first kappa shape index (κ1) is 38.7. The maximum atomic E-state index is 13.8. The number of carbonyl (C=O) groups excluding carboxylic acids is 3. The van der Waals surface area contributed by atoms with Crippen molar-refractivity contribution in [3.05, 3.63) is 174 Å². The van der Waals surface area contributed by atoms with Crippen LogP contribution in [0.15, 0.2) is 162 Å². The normalized spacial score (nSPS) is 11.4. The number of ether oxygens (including phenoxy) is 4. The molecule has 6 rings (SSSR count). The standard InChI is InChI=1S/C45H39N3O7S/c1-52-39-29-41(54-3)40(53-2)28-32(39)27-38(48-43(49)31-15-9-5-10-16-31)44(50)46-34-21-25-37(26-22-34)56-42(30-13-7-4-8-14-30)45(51)47-33-19-23-36(24-20-33)55-35-17-11-6-12-18-35/h4-29,42H,1-3H3,(H,46,50)(H,47,51)(H,48,49)/b38-27-. The zero-order valence-electron chi connectivity index (χ0n) is 30.9. The lowest BCUT2D eigenvalue weighted by atomic mass is 10.1. The summed E-state index contributed by atoms with van der Waals surface area (Å²) in [6.07, 6.45) is 1.51. The molecule has 0 heterocycles. The quantitative estimate of drug-likeness (QED) is 0.0698. The number of para-hydroxylation sites is 1. The molecule has 3 amide bonds. The number of benzene rings is 6. The van der Waals surface area contributed by atoms with Crippen molar-refractivity contribution in [1.29, 1.82) is 0 Å². The molecular formula is C45H39N3O7S. The zero-order valence-corrected chi connectivity index (χ0v) is 31.7. The summed E-state index contributed by atoms with van der Waals surface area (Å²) in [7, 11) is 4.50. The second kappa shape index (κ2) is 18.9. The first-order valence-electron chi connectivity index (χ1n) is 17.5. The van der Waals surface area contributed by atoms with Crippen LogP contribution in [0.3, 0.4) is 0 Å². The molecule has 56 heavy (non-hydrogen) atoms. The largest absolute Gasteiger partial charge is 0.496 e. The Hall–Kier alpha value is -6.98. The summed E-state index contributed by atoms with van der Waals surface area (Å²) >= 11 is 1.37. The first-order valence-corrected chi connectivity index (χ1v) is 18.4. The van der Waals surface area contributed by atoms with E-state index < -0.39 is 17.1 Å². The predicted octanol–water partition coefficient (Wildman–Crippen LogP) is 9.39. The van der Waals surface area contributed by atoms with Gasteiger partial charge in [-0.3, -0.25) is 14.4 Å². The summed E-state index contributed by atoms with van der Waals surface area (Å²) in [5, 5.41) is 8.07. The minimum absolute atomic E-state index is 0.0386. The smallest absolute Gasteiger partial charge is 0.272 e. The van der Waals surface area contributed by atoms with Crippen LogP contribution in [0.25, 0.3) is 6.08 Å². The highest BCUT2D eigenvalue weighted by Gasteiger charge is 2.23. The third kappa shape index (κ3) is 10.2. The SMILES string of the molecule is COc1cc(OC)c(OC)cc1/C=C(\NC(=O)c1ccccc1)C(=O)Nc1ccc(SC(C(=O)Nc2ccc(Oc3ccccc3)cc2)c2ccccc2)cc1. The van der Waals surface area contributed by atoms with E-state index in [0.717, 1.165) is 16.2 Å². The number of nitrogens with one attached hydrogen (secondary N) is 3. The summed E-state index contributed by atoms with van der Waals surface area (Å²) in [5.74, 6) is 1.37. The van der Waals surface area contributed by atoms with Crippen LogP contribution < -0.4 is 34.9 Å². The Morgan fingerprint density at radius 2 is 1.12 bits per heavy atom. The maximum Gasteiger partial charge on any atom is 0.272 e. The van der Waals surface area contributed by atoms with Crippen molar-refractivity contribution in [3.63, 3.8) is 0 Å². The molecule has 282 valence electrons. The molecule has 0 spiro atoms. The van der Waals surface area contributed by atoms with E-state index in [9.17, 15) is 14.4 Å². The number of hydrogen-bond donors (Lipinski definition) is 3. The zero-order chi connectivity index (χ0) is 39.3. The number of amides is 3. The van der Waals surface area contributed by atoms with Gasteiger partial charge in [-0.2, -0.15) is 0 Å². The minimum Gasteiger partial charge on any atom is -0.496 e. The van der Waals surface area contributed by atoms with Gasteiger partial charge in [0.15, 0.2) is 11.5 Å². The van der Waals surface area contributed by atoms with Crippen LogP contribution in [-0.2, 0) is 9.59 Å². The third-order valence-corrected chi connectivity index (χ3v) is 9.64. The molecule has 1 atom stereocenters. The monoisotopic (exact) mass is 765 g/mol. The molecule has 10 nitrogen and oxygen atoms in total. The molecule has 0 saturated heterocycles. The van der Waals surface area contributed by atoms with Gasteiger partial charge in [-0.05, 0) is 90.5 Å². The highest BCUT2D eigenvalue weighted by Crippen LogP contribution is 2.38. The van der Waals surface area contributed by atoms with Crippen molar-refractivity contribution in [2.45, 2.75) is 10.1 Å². The Labute approximate surface area is 329 Å². The van der Waals surface area contributed by atoms with Gasteiger partial charge in [0.05, 0.1) is 21.3 Å². The van der Waals surface area contributed by atoms with Crippen LogP contribution in [0, 0.1) is 0 Å². The van der Waals surface area contributed by atoms with Crippen molar-refractivity contribution in [1.82, 2.24) is 5.32 Å². The number of anilines is 2. The number of carbonyl (C=O) groups is 3. The number of thioether (sulfide) groups is 1. The average molecular weight is 766 g/mol. The van der Waals surface area contributed by atoms with Gasteiger partial charge < -0.3 is 34.9 Å². The molecule has 0 fully saturated rings. The molecule has 0 aliphatic heterocycles. The van der Waals surface area contributed by atoms with E-state index in [2.05, 4.69) is 16.0 Å². The van der Waals surface area contributed by atoms with E-state index in [1.54, 1.807) is 78.9 Å². The van der Waals surface area contributed by atoms with Gasteiger partial charge in [-0.1, -0.05) is 66.7 Å². The molecule has 0 aliphatic rings. The molecule has 0 aliphatic carbocycles. The number of rotatable bonds is 15. The molecule has 11 heteroatoms. The topological polar surface area (TPSA) is 124 Å². The van der Waals surface area contributed by atoms with Crippen LogP contribution in [0.1, 0.15) is 26.7 Å². The van der Waals surface area contributed by atoms with Crippen LogP contribution in [0.4, 0.5) is 11.4 Å². The van der Waals surface area contributed by atoms with Gasteiger partial charge in [0, 0.05) is 33.5 Å². The summed E-state index contributed by atoms with van der Waals surface area (Å²) in [6.45, 7) is 0. The second-order valence-corrected chi connectivity index (χ2v) is 13.3. The summed E-state index contributed by atoms with van der Waals surface area (Å²) in [4.78, 5) is 41.6. The Morgan fingerprint density at radius 1 is 0.589 bits per heavy atom. The Kier molecular flexibility index (Phi) is 13.0. The van der Waals surface area contributed by atoms with E-state index in [1.807, 2.05) is 72.8 Å². The second-order valence-electron chi connectivity index (χ2n) is 12.1. The summed E-state index contributed by atoms with van der Waals surface area (Å²) in [6, 6.07) is 45.2. The van der Waals surface area contributed by atoms with Crippen molar-refractivity contribution < 1.29 is 33.3 Å². The highest BCUT2D eigenvalue weighted by molar-refractivity contribution is 8.00. The molecule has 3 N–H and O–H groups in total. The minimum atomic E-state index is -0.587. The maximum absolute atomic E-state index is 13.8. The van der Waals surface area contributed by atoms with Gasteiger partial charge in [-0.25, -0.2) is 0 Å². The molecule has 0 radical (unpaired) electrons. The van der Waals surface area contributed by atoms with Crippen molar-refractivity contribution in [2.24, 2.45) is 0 Å². The Bertz CT molecular complexity index is 2290. The fourth-order valence-corrected chi connectivity index (χ4v) is 6.58. The number of methoxy groups -OCH3 is 3. The van der Waals surface area contributed by atoms with E-state index in [-0.39, 0.29) is 11.6 Å². The van der Waals surface area contributed by atoms with E-state index in [4.69, 9.17) is 18.9 Å². The summed E-state index contributed by atoms with van der Waals surface area (Å²) < 4.78 is 22.3. The molecule has 0 aromatic heterocycles. The fraction of sp³-hybridized carbons (Fsp3) is 0.0889. The Balaban J connectivity index is 1.19. The predicted molar refractivity (Wildman–Crippen MR) is 220 cm³/mol. The van der Waals surface area contributed by atoms with Crippen LogP contribution in [0.5, 0.6) is 28.7 Å². The van der Waals surface area contributed by atoms with E-state index in [1.165, 1.54) is 39.2 Å². The molecule has 6 aromatic carbocycles. The molecule has 6 aromatic rings. The summed E-state index contributed by atoms with van der Waals surface area (Å²) in [5.41, 5.74) is 2.73. The van der Waals surface area contributed by atoms with Gasteiger partial charge in [0.1, 0.15) is 28.2 Å². The molecule has 0 bridgehead atoms. The Morgan fingerprint density at radius 3 is 1.75 bits per heavy atom. The van der Waals surface area contributed by atoms with E-state index >= 15 is 0 Å². The van der Waals surface area contributed by atoms with Crippen LogP contribution >= 0.6 is 11.8 Å².